The second-order valence-corrected chi connectivity index (χ2v) is 6.04. The number of hydrogen-bond donors (Lipinski definition) is 2. The summed E-state index contributed by atoms with van der Waals surface area (Å²) in [5, 5.41) is 23.6. The number of fused-ring (bicyclic) bond motifs is 1. The topological polar surface area (TPSA) is 120 Å². The van der Waals surface area contributed by atoms with Crippen LogP contribution in [0.5, 0.6) is 17.2 Å². The normalized spacial score (nSPS) is 13.1. The predicted octanol–water partition coefficient (Wildman–Crippen LogP) is 2.15. The molecule has 1 heterocycles. The van der Waals surface area contributed by atoms with Crippen LogP contribution in [0.15, 0.2) is 36.4 Å². The minimum Gasteiger partial charge on any atom is -0.491 e. The monoisotopic (exact) mass is 394 g/mol. The number of hydrogen-bond acceptors (Lipinski definition) is 7. The highest BCUT2D eigenvalue weighted by atomic mass is 35.5. The summed E-state index contributed by atoms with van der Waals surface area (Å²) in [7, 11) is 0. The predicted molar refractivity (Wildman–Crippen MR) is 94.5 cm³/mol. The zero-order valence-electron chi connectivity index (χ0n) is 13.9. The molecule has 2 N–H and O–H groups in total. The average Bonchev–Trinajstić information content (AvgIpc) is 3.12. The van der Waals surface area contributed by atoms with Gasteiger partial charge in [0.25, 0.3) is 11.6 Å². The number of carbonyl (C=O) groups is 1. The van der Waals surface area contributed by atoms with Gasteiger partial charge in [0.2, 0.25) is 6.79 Å². The number of aliphatic hydroxyl groups excluding tert-OH is 1. The quantitative estimate of drug-likeness (QED) is 0.545. The number of rotatable bonds is 7. The van der Waals surface area contributed by atoms with Crippen molar-refractivity contribution in [2.24, 2.45) is 0 Å². The van der Waals surface area contributed by atoms with Crippen molar-refractivity contribution >= 4 is 23.2 Å². The molecule has 27 heavy (non-hydrogen) atoms. The summed E-state index contributed by atoms with van der Waals surface area (Å²) in [5.41, 5.74) is -0.556. The number of nitro groups is 1. The molecule has 0 radical (unpaired) electrons. The van der Waals surface area contributed by atoms with Gasteiger partial charge in [-0.1, -0.05) is 11.6 Å². The van der Waals surface area contributed by atoms with E-state index in [1.54, 1.807) is 18.2 Å². The lowest BCUT2D eigenvalue weighted by Gasteiger charge is -2.13. The third-order valence-electron chi connectivity index (χ3n) is 3.69. The van der Waals surface area contributed by atoms with Gasteiger partial charge in [-0.05, 0) is 24.3 Å². The fourth-order valence-electron chi connectivity index (χ4n) is 2.37. The van der Waals surface area contributed by atoms with E-state index in [2.05, 4.69) is 5.32 Å². The number of nitrogens with zero attached hydrogens (tertiary/aromatic N) is 1. The Bertz CT molecular complexity index is 874. The smallest absolute Gasteiger partial charge is 0.283 e. The molecule has 0 spiro atoms. The van der Waals surface area contributed by atoms with Crippen LogP contribution in [-0.2, 0) is 0 Å². The molecule has 1 aliphatic heterocycles. The Morgan fingerprint density at radius 2 is 2.07 bits per heavy atom. The maximum Gasteiger partial charge on any atom is 0.283 e. The second-order valence-electron chi connectivity index (χ2n) is 5.61. The minimum absolute atomic E-state index is 0.0946. The van der Waals surface area contributed by atoms with Crippen molar-refractivity contribution in [3.05, 3.63) is 57.1 Å². The molecule has 0 aromatic heterocycles. The first-order valence-electron chi connectivity index (χ1n) is 7.86. The Kier molecular flexibility index (Phi) is 5.63. The van der Waals surface area contributed by atoms with Gasteiger partial charge in [-0.2, -0.15) is 0 Å². The molecule has 0 saturated carbocycles. The summed E-state index contributed by atoms with van der Waals surface area (Å²) in [4.78, 5) is 22.5. The van der Waals surface area contributed by atoms with Crippen LogP contribution in [0.2, 0.25) is 5.02 Å². The molecule has 2 aromatic rings. The van der Waals surface area contributed by atoms with E-state index in [4.69, 9.17) is 25.8 Å². The van der Waals surface area contributed by atoms with Gasteiger partial charge >= 0.3 is 0 Å². The van der Waals surface area contributed by atoms with Gasteiger partial charge in [0, 0.05) is 23.7 Å². The maximum absolute atomic E-state index is 12.1. The lowest BCUT2D eigenvalue weighted by atomic mass is 10.1. The van der Waals surface area contributed by atoms with E-state index >= 15 is 0 Å². The summed E-state index contributed by atoms with van der Waals surface area (Å²) in [6.45, 7) is -0.101. The standard InChI is InChI=1S/C17H15ClN2O7/c18-10-1-3-13(14(5-10)20(23)24)17(22)19-7-11(21)8-25-12-2-4-15-16(6-12)27-9-26-15/h1-6,11,21H,7-9H2,(H,19,22). The molecule has 1 atom stereocenters. The third-order valence-corrected chi connectivity index (χ3v) is 3.92. The van der Waals surface area contributed by atoms with Crippen molar-refractivity contribution in [2.75, 3.05) is 19.9 Å². The van der Waals surface area contributed by atoms with Crippen LogP contribution < -0.4 is 19.5 Å². The first kappa shape index (κ1) is 18.7. The van der Waals surface area contributed by atoms with Crippen molar-refractivity contribution < 1.29 is 29.0 Å². The van der Waals surface area contributed by atoms with Gasteiger partial charge < -0.3 is 24.6 Å². The van der Waals surface area contributed by atoms with Crippen LogP contribution in [0.1, 0.15) is 10.4 Å². The van der Waals surface area contributed by atoms with Crippen LogP contribution in [0.4, 0.5) is 5.69 Å². The van der Waals surface area contributed by atoms with Crippen LogP contribution in [0.3, 0.4) is 0 Å². The Morgan fingerprint density at radius 1 is 1.30 bits per heavy atom. The van der Waals surface area contributed by atoms with Crippen LogP contribution in [-0.4, -0.2) is 42.0 Å². The van der Waals surface area contributed by atoms with Crippen molar-refractivity contribution in [1.82, 2.24) is 5.32 Å². The van der Waals surface area contributed by atoms with E-state index in [1.807, 2.05) is 0 Å². The number of aliphatic hydroxyl groups is 1. The summed E-state index contributed by atoms with van der Waals surface area (Å²) in [6.07, 6.45) is -1.02. The number of amides is 1. The highest BCUT2D eigenvalue weighted by molar-refractivity contribution is 6.31. The molecule has 2 aromatic carbocycles. The molecule has 142 valence electrons. The summed E-state index contributed by atoms with van der Waals surface area (Å²) < 4.78 is 15.9. The zero-order valence-corrected chi connectivity index (χ0v) is 14.6. The molecule has 1 unspecified atom stereocenters. The van der Waals surface area contributed by atoms with Gasteiger partial charge in [-0.3, -0.25) is 14.9 Å². The summed E-state index contributed by atoms with van der Waals surface area (Å²) >= 11 is 5.72. The SMILES string of the molecule is O=C(NCC(O)COc1ccc2c(c1)OCO2)c1ccc(Cl)cc1[N+](=O)[O-]. The molecule has 1 amide bonds. The first-order valence-corrected chi connectivity index (χ1v) is 8.24. The van der Waals surface area contributed by atoms with Crippen molar-refractivity contribution in [3.8, 4) is 17.2 Å². The van der Waals surface area contributed by atoms with Crippen LogP contribution in [0.25, 0.3) is 0 Å². The number of ether oxygens (including phenoxy) is 3. The number of nitrogens with one attached hydrogen (secondary N) is 1. The highest BCUT2D eigenvalue weighted by Crippen LogP contribution is 2.35. The lowest BCUT2D eigenvalue weighted by molar-refractivity contribution is -0.385. The van der Waals surface area contributed by atoms with E-state index < -0.39 is 22.6 Å². The molecule has 10 heteroatoms. The largest absolute Gasteiger partial charge is 0.491 e. The fraction of sp³-hybridized carbons (Fsp3) is 0.235. The van der Waals surface area contributed by atoms with E-state index in [0.717, 1.165) is 6.07 Å². The Balaban J connectivity index is 1.52. The van der Waals surface area contributed by atoms with E-state index in [0.29, 0.717) is 17.2 Å². The Hall–Kier alpha value is -3.04. The van der Waals surface area contributed by atoms with Crippen LogP contribution >= 0.6 is 11.6 Å². The highest BCUT2D eigenvalue weighted by Gasteiger charge is 2.21. The first-order chi connectivity index (χ1) is 12.9. The molecule has 9 nitrogen and oxygen atoms in total. The molecule has 0 fully saturated rings. The lowest BCUT2D eigenvalue weighted by Crippen LogP contribution is -2.35. The maximum atomic E-state index is 12.1. The zero-order chi connectivity index (χ0) is 19.4. The third kappa shape index (κ3) is 4.57. The van der Waals surface area contributed by atoms with Gasteiger partial charge in [-0.15, -0.1) is 0 Å². The number of carbonyl (C=O) groups excluding carboxylic acids is 1. The number of nitro benzene ring substituents is 1. The van der Waals surface area contributed by atoms with E-state index in [9.17, 15) is 20.0 Å². The number of benzene rings is 2. The molecule has 0 aliphatic carbocycles. The number of halogens is 1. The average molecular weight is 395 g/mol. The minimum atomic E-state index is -1.02. The van der Waals surface area contributed by atoms with Crippen LogP contribution in [0, 0.1) is 10.1 Å². The summed E-state index contributed by atoms with van der Waals surface area (Å²) in [6, 6.07) is 8.70. The van der Waals surface area contributed by atoms with Crippen molar-refractivity contribution in [1.29, 1.82) is 0 Å². The van der Waals surface area contributed by atoms with Gasteiger partial charge in [0.15, 0.2) is 11.5 Å². The van der Waals surface area contributed by atoms with Gasteiger partial charge in [-0.25, -0.2) is 0 Å². The van der Waals surface area contributed by atoms with Gasteiger partial charge in [0.1, 0.15) is 24.0 Å². The molecular weight excluding hydrogens is 380 g/mol. The van der Waals surface area contributed by atoms with Crippen molar-refractivity contribution in [2.45, 2.75) is 6.10 Å². The molecular formula is C17H15ClN2O7. The van der Waals surface area contributed by atoms with Crippen molar-refractivity contribution in [3.63, 3.8) is 0 Å². The molecule has 3 rings (SSSR count). The van der Waals surface area contributed by atoms with E-state index in [-0.39, 0.29) is 30.5 Å². The molecule has 1 aliphatic rings. The Morgan fingerprint density at radius 3 is 2.85 bits per heavy atom. The van der Waals surface area contributed by atoms with Gasteiger partial charge in [0.05, 0.1) is 4.92 Å². The Labute approximate surface area is 158 Å². The molecule has 0 saturated heterocycles. The van der Waals surface area contributed by atoms with E-state index in [1.165, 1.54) is 12.1 Å². The fourth-order valence-corrected chi connectivity index (χ4v) is 2.54. The summed E-state index contributed by atoms with van der Waals surface area (Å²) in [5.74, 6) is 0.934. The molecule has 0 bridgehead atoms. The second kappa shape index (κ2) is 8.11.